The average molecular weight is 154 g/mol. The van der Waals surface area contributed by atoms with Crippen LogP contribution in [0.1, 0.15) is 19.8 Å². The van der Waals surface area contributed by atoms with Gasteiger partial charge in [-0.05, 0) is 19.8 Å². The van der Waals surface area contributed by atoms with Crippen LogP contribution in [0.4, 0.5) is 0 Å². The highest BCUT2D eigenvalue weighted by Crippen LogP contribution is 2.35. The fraction of sp³-hybridized carbons (Fsp3) is 0.875. The van der Waals surface area contributed by atoms with Crippen molar-refractivity contribution in [2.45, 2.75) is 31.4 Å². The lowest BCUT2D eigenvalue weighted by molar-refractivity contribution is -0.0591. The van der Waals surface area contributed by atoms with Crippen molar-refractivity contribution in [2.75, 3.05) is 13.1 Å². The largest absolute Gasteiger partial charge is 0.390 e. The second-order valence-corrected chi connectivity index (χ2v) is 3.82. The first-order valence-electron chi connectivity index (χ1n) is 4.15. The van der Waals surface area contributed by atoms with Crippen molar-refractivity contribution in [3.8, 4) is 0 Å². The van der Waals surface area contributed by atoms with Gasteiger partial charge in [0.05, 0.1) is 18.5 Å². The van der Waals surface area contributed by atoms with Crippen LogP contribution in [0.15, 0.2) is 4.99 Å². The van der Waals surface area contributed by atoms with Crippen LogP contribution >= 0.6 is 0 Å². The Balaban J connectivity index is 1.86. The van der Waals surface area contributed by atoms with E-state index in [1.54, 1.807) is 0 Å². The maximum atomic E-state index is 9.47. The van der Waals surface area contributed by atoms with Crippen LogP contribution in [0, 0.1) is 0 Å². The summed E-state index contributed by atoms with van der Waals surface area (Å²) in [6.45, 7) is 3.87. The molecule has 0 unspecified atom stereocenters. The Morgan fingerprint density at radius 1 is 1.64 bits per heavy atom. The summed E-state index contributed by atoms with van der Waals surface area (Å²) in [6.07, 6.45) is 3.72. The van der Waals surface area contributed by atoms with E-state index in [4.69, 9.17) is 0 Å². The van der Waals surface area contributed by atoms with Gasteiger partial charge in [-0.25, -0.2) is 0 Å². The smallest absolute Gasteiger partial charge is 0.0853 e. The monoisotopic (exact) mass is 154 g/mol. The van der Waals surface area contributed by atoms with Gasteiger partial charge in [0.1, 0.15) is 0 Å². The summed E-state index contributed by atoms with van der Waals surface area (Å²) in [6, 6.07) is 0.552. The molecule has 0 atom stereocenters. The summed E-state index contributed by atoms with van der Waals surface area (Å²) in [5.74, 6) is 0. The van der Waals surface area contributed by atoms with Crippen LogP contribution in [0.3, 0.4) is 0 Å². The maximum absolute atomic E-state index is 9.47. The van der Waals surface area contributed by atoms with Crippen molar-refractivity contribution < 1.29 is 5.11 Å². The van der Waals surface area contributed by atoms with Crippen LogP contribution in [0.2, 0.25) is 0 Å². The molecule has 1 aliphatic carbocycles. The maximum Gasteiger partial charge on any atom is 0.0853 e. The lowest BCUT2D eigenvalue weighted by atomic mass is 9.76. The fourth-order valence-corrected chi connectivity index (χ4v) is 1.86. The van der Waals surface area contributed by atoms with Gasteiger partial charge >= 0.3 is 0 Å². The number of rotatable bonds is 1. The molecule has 0 amide bonds. The Kier molecular flexibility index (Phi) is 1.42. The van der Waals surface area contributed by atoms with Crippen molar-refractivity contribution >= 4 is 6.34 Å². The summed E-state index contributed by atoms with van der Waals surface area (Å²) in [5, 5.41) is 9.47. The van der Waals surface area contributed by atoms with Gasteiger partial charge in [0, 0.05) is 12.6 Å². The van der Waals surface area contributed by atoms with Crippen molar-refractivity contribution in [3.63, 3.8) is 0 Å². The minimum Gasteiger partial charge on any atom is -0.390 e. The summed E-state index contributed by atoms with van der Waals surface area (Å²) in [5.41, 5.74) is -0.402. The molecule has 0 aromatic heterocycles. The van der Waals surface area contributed by atoms with E-state index in [0.29, 0.717) is 6.04 Å². The SMILES string of the molecule is CC1(O)CC(N2C=NCC2)C1. The molecule has 11 heavy (non-hydrogen) atoms. The van der Waals surface area contributed by atoms with Gasteiger partial charge in [-0.3, -0.25) is 4.99 Å². The highest BCUT2D eigenvalue weighted by atomic mass is 16.3. The Labute approximate surface area is 66.7 Å². The van der Waals surface area contributed by atoms with Crippen LogP contribution < -0.4 is 0 Å². The van der Waals surface area contributed by atoms with E-state index in [2.05, 4.69) is 9.89 Å². The van der Waals surface area contributed by atoms with E-state index in [1.807, 2.05) is 13.3 Å². The van der Waals surface area contributed by atoms with Gasteiger partial charge < -0.3 is 10.0 Å². The second-order valence-electron chi connectivity index (χ2n) is 3.82. The minimum absolute atomic E-state index is 0.402. The topological polar surface area (TPSA) is 35.8 Å². The Hall–Kier alpha value is -0.570. The molecule has 1 saturated carbocycles. The molecule has 0 aromatic carbocycles. The predicted octanol–water partition coefficient (Wildman–Crippen LogP) is 0.244. The number of nitrogens with zero attached hydrogens (tertiary/aromatic N) is 2. The Bertz CT molecular complexity index is 181. The number of hydrogen-bond acceptors (Lipinski definition) is 3. The number of aliphatic hydroxyl groups is 1. The third kappa shape index (κ3) is 1.25. The van der Waals surface area contributed by atoms with Crippen molar-refractivity contribution in [2.24, 2.45) is 4.99 Å². The molecule has 0 bridgehead atoms. The first-order chi connectivity index (χ1) is 5.17. The van der Waals surface area contributed by atoms with Gasteiger partial charge in [-0.1, -0.05) is 0 Å². The summed E-state index contributed by atoms with van der Waals surface area (Å²) in [7, 11) is 0. The van der Waals surface area contributed by atoms with Crippen LogP contribution in [0.5, 0.6) is 0 Å². The van der Waals surface area contributed by atoms with Gasteiger partial charge in [0.15, 0.2) is 0 Å². The average Bonchev–Trinajstić information content (AvgIpc) is 2.32. The Morgan fingerprint density at radius 2 is 2.36 bits per heavy atom. The molecule has 3 heteroatoms. The molecule has 0 saturated heterocycles. The third-order valence-electron chi connectivity index (χ3n) is 2.54. The van der Waals surface area contributed by atoms with Crippen LogP contribution in [-0.4, -0.2) is 41.1 Å². The van der Waals surface area contributed by atoms with E-state index in [0.717, 1.165) is 25.9 Å². The lowest BCUT2D eigenvalue weighted by Gasteiger charge is -2.45. The molecule has 1 fully saturated rings. The van der Waals surface area contributed by atoms with Gasteiger partial charge in [0.25, 0.3) is 0 Å². The second kappa shape index (κ2) is 2.21. The molecule has 0 aromatic rings. The lowest BCUT2D eigenvalue weighted by Crippen LogP contribution is -2.52. The van der Waals surface area contributed by atoms with Crippen LogP contribution in [0.25, 0.3) is 0 Å². The predicted molar refractivity (Wildman–Crippen MR) is 43.7 cm³/mol. The standard InChI is InChI=1S/C8H14N2O/c1-8(11)4-7(5-8)10-3-2-9-6-10/h6-7,11H,2-5H2,1H3. The molecule has 1 N–H and O–H groups in total. The Morgan fingerprint density at radius 3 is 2.82 bits per heavy atom. The molecular weight excluding hydrogens is 140 g/mol. The quantitative estimate of drug-likeness (QED) is 0.587. The van der Waals surface area contributed by atoms with Crippen molar-refractivity contribution in [1.82, 2.24) is 4.90 Å². The zero-order chi connectivity index (χ0) is 7.90. The zero-order valence-corrected chi connectivity index (χ0v) is 6.82. The third-order valence-corrected chi connectivity index (χ3v) is 2.54. The van der Waals surface area contributed by atoms with Crippen LogP contribution in [-0.2, 0) is 0 Å². The molecule has 1 heterocycles. The summed E-state index contributed by atoms with van der Waals surface area (Å²) in [4.78, 5) is 6.37. The molecule has 62 valence electrons. The van der Waals surface area contributed by atoms with E-state index >= 15 is 0 Å². The van der Waals surface area contributed by atoms with Crippen molar-refractivity contribution in [3.05, 3.63) is 0 Å². The van der Waals surface area contributed by atoms with E-state index in [9.17, 15) is 5.11 Å². The molecule has 1 aliphatic heterocycles. The number of hydrogen-bond donors (Lipinski definition) is 1. The van der Waals surface area contributed by atoms with E-state index in [-0.39, 0.29) is 0 Å². The van der Waals surface area contributed by atoms with E-state index < -0.39 is 5.60 Å². The zero-order valence-electron chi connectivity index (χ0n) is 6.82. The normalized spacial score (nSPS) is 42.7. The first-order valence-corrected chi connectivity index (χ1v) is 4.15. The minimum atomic E-state index is -0.402. The van der Waals surface area contributed by atoms with Gasteiger partial charge in [-0.15, -0.1) is 0 Å². The molecule has 0 radical (unpaired) electrons. The van der Waals surface area contributed by atoms with Gasteiger partial charge in [-0.2, -0.15) is 0 Å². The number of aliphatic imine (C=N–C) groups is 1. The summed E-state index contributed by atoms with van der Waals surface area (Å²) < 4.78 is 0. The highest BCUT2D eigenvalue weighted by Gasteiger charge is 2.41. The first kappa shape index (κ1) is 7.10. The molecular formula is C8H14N2O. The van der Waals surface area contributed by atoms with Gasteiger partial charge in [0.2, 0.25) is 0 Å². The molecule has 0 spiro atoms. The summed E-state index contributed by atoms with van der Waals surface area (Å²) >= 11 is 0. The highest BCUT2D eigenvalue weighted by molar-refractivity contribution is 5.58. The van der Waals surface area contributed by atoms with Crippen molar-refractivity contribution in [1.29, 1.82) is 0 Å². The van der Waals surface area contributed by atoms with E-state index in [1.165, 1.54) is 0 Å². The fourth-order valence-electron chi connectivity index (χ4n) is 1.86. The molecule has 2 aliphatic rings. The molecule has 3 nitrogen and oxygen atoms in total. The molecule has 2 rings (SSSR count).